The Bertz CT molecular complexity index is 1510. The molecule has 196 valence electrons. The van der Waals surface area contributed by atoms with E-state index in [1.54, 1.807) is 24.3 Å². The Balaban J connectivity index is 1.72. The summed E-state index contributed by atoms with van der Waals surface area (Å²) in [6.07, 6.45) is 0. The maximum atomic E-state index is 13.2. The van der Waals surface area contributed by atoms with Gasteiger partial charge in [0, 0.05) is 17.5 Å². The zero-order valence-electron chi connectivity index (χ0n) is 21.4. The number of ether oxygens (including phenoxy) is 4. The number of methoxy groups -OCH3 is 4. The maximum absolute atomic E-state index is 13.2. The molecule has 0 aliphatic carbocycles. The fraction of sp³-hybridized carbons (Fsp3) is 0.179. The summed E-state index contributed by atoms with van der Waals surface area (Å²) >= 11 is 0. The van der Waals surface area contributed by atoms with Crippen LogP contribution in [-0.2, 0) is 6.54 Å². The standard InChI is InChI=1S/C28H27N3O7/c1-34-21-12-8-11-18-13-20(27(33)29-16-17-9-6-5-7-10-17)28(38-24(18)21)31-30-26(32)19-14-22(35-2)25(37-4)23(15-19)36-3/h5-15H,16H2,1-4H3,(H,29,33)(H,30,32)/b31-28+. The summed E-state index contributed by atoms with van der Waals surface area (Å²) in [5, 5.41) is 7.63. The smallest absolute Gasteiger partial charge is 0.271 e. The fourth-order valence-electron chi connectivity index (χ4n) is 3.78. The van der Waals surface area contributed by atoms with E-state index < -0.39 is 11.8 Å². The first-order valence-electron chi connectivity index (χ1n) is 11.6. The quantitative estimate of drug-likeness (QED) is 0.325. The molecular weight excluding hydrogens is 490 g/mol. The monoisotopic (exact) mass is 517 g/mol. The van der Waals surface area contributed by atoms with Crippen LogP contribution in [0.4, 0.5) is 0 Å². The predicted octanol–water partition coefficient (Wildman–Crippen LogP) is 3.64. The van der Waals surface area contributed by atoms with Crippen LogP contribution in [0.25, 0.3) is 11.0 Å². The topological polar surface area (TPSA) is 121 Å². The third kappa shape index (κ3) is 5.54. The average Bonchev–Trinajstić information content (AvgIpc) is 2.97. The van der Waals surface area contributed by atoms with E-state index in [9.17, 15) is 9.59 Å². The normalized spacial score (nSPS) is 11.1. The van der Waals surface area contributed by atoms with E-state index in [0.29, 0.717) is 40.5 Å². The second kappa shape index (κ2) is 11.8. The minimum Gasteiger partial charge on any atom is -0.493 e. The van der Waals surface area contributed by atoms with E-state index in [1.165, 1.54) is 40.6 Å². The number of para-hydroxylation sites is 1. The van der Waals surface area contributed by atoms with Gasteiger partial charge in [0.25, 0.3) is 11.8 Å². The summed E-state index contributed by atoms with van der Waals surface area (Å²) in [5.41, 5.74) is 3.96. The first kappa shape index (κ1) is 26.1. The highest BCUT2D eigenvalue weighted by molar-refractivity contribution is 5.98. The van der Waals surface area contributed by atoms with Crippen LogP contribution in [0.3, 0.4) is 0 Å². The Hall–Kier alpha value is -4.99. The van der Waals surface area contributed by atoms with E-state index in [4.69, 9.17) is 23.4 Å². The Kier molecular flexibility index (Phi) is 8.12. The number of carbonyl (C=O) groups is 2. The SMILES string of the molecule is COc1cc(C(=O)N/N=c2/oc3c(OC)cccc3cc2C(=O)NCc2ccccc2)cc(OC)c1OC. The molecule has 0 spiro atoms. The average molecular weight is 518 g/mol. The van der Waals surface area contributed by atoms with Gasteiger partial charge in [0.05, 0.1) is 28.4 Å². The van der Waals surface area contributed by atoms with Gasteiger partial charge in [-0.05, 0) is 29.8 Å². The van der Waals surface area contributed by atoms with Crippen molar-refractivity contribution in [2.75, 3.05) is 28.4 Å². The minimum atomic E-state index is -0.588. The highest BCUT2D eigenvalue weighted by atomic mass is 16.5. The predicted molar refractivity (Wildman–Crippen MR) is 140 cm³/mol. The van der Waals surface area contributed by atoms with Gasteiger partial charge >= 0.3 is 0 Å². The van der Waals surface area contributed by atoms with Gasteiger partial charge in [-0.3, -0.25) is 9.59 Å². The third-order valence-electron chi connectivity index (χ3n) is 5.68. The van der Waals surface area contributed by atoms with Gasteiger partial charge in [-0.25, -0.2) is 5.43 Å². The Morgan fingerprint density at radius 2 is 1.47 bits per heavy atom. The van der Waals surface area contributed by atoms with Crippen LogP contribution < -0.4 is 35.2 Å². The zero-order chi connectivity index (χ0) is 27.1. The largest absolute Gasteiger partial charge is 0.493 e. The van der Waals surface area contributed by atoms with Crippen molar-refractivity contribution >= 4 is 22.8 Å². The van der Waals surface area contributed by atoms with Crippen molar-refractivity contribution < 1.29 is 33.0 Å². The van der Waals surface area contributed by atoms with E-state index in [2.05, 4.69) is 15.8 Å². The summed E-state index contributed by atoms with van der Waals surface area (Å²) in [7, 11) is 5.87. The first-order valence-corrected chi connectivity index (χ1v) is 11.6. The van der Waals surface area contributed by atoms with Crippen molar-refractivity contribution in [3.63, 3.8) is 0 Å². The Morgan fingerprint density at radius 1 is 0.789 bits per heavy atom. The fourth-order valence-corrected chi connectivity index (χ4v) is 3.78. The molecule has 0 bridgehead atoms. The lowest BCUT2D eigenvalue weighted by Crippen LogP contribution is -2.30. The molecule has 4 aromatic rings. The number of rotatable bonds is 9. The van der Waals surface area contributed by atoms with E-state index in [-0.39, 0.29) is 16.7 Å². The molecule has 0 radical (unpaired) electrons. The zero-order valence-corrected chi connectivity index (χ0v) is 21.4. The van der Waals surface area contributed by atoms with Gasteiger partial charge in [0.1, 0.15) is 5.56 Å². The second-order valence-electron chi connectivity index (χ2n) is 7.98. The molecule has 10 nitrogen and oxygen atoms in total. The highest BCUT2D eigenvalue weighted by Gasteiger charge is 2.18. The number of benzene rings is 3. The number of nitrogens with zero attached hydrogens (tertiary/aromatic N) is 1. The van der Waals surface area contributed by atoms with Crippen LogP contribution in [0.1, 0.15) is 26.3 Å². The van der Waals surface area contributed by atoms with Crippen LogP contribution >= 0.6 is 0 Å². The molecule has 3 aromatic carbocycles. The number of carbonyl (C=O) groups excluding carboxylic acids is 2. The first-order chi connectivity index (χ1) is 18.5. The second-order valence-corrected chi connectivity index (χ2v) is 7.98. The molecule has 0 saturated heterocycles. The molecule has 38 heavy (non-hydrogen) atoms. The maximum Gasteiger partial charge on any atom is 0.271 e. The Morgan fingerprint density at radius 3 is 2.11 bits per heavy atom. The van der Waals surface area contributed by atoms with Crippen molar-refractivity contribution in [1.82, 2.24) is 10.7 Å². The minimum absolute atomic E-state index is 0.103. The molecule has 2 N–H and O–H groups in total. The van der Waals surface area contributed by atoms with Crippen molar-refractivity contribution in [3.8, 4) is 23.0 Å². The summed E-state index contributed by atoms with van der Waals surface area (Å²) in [4.78, 5) is 26.2. The number of fused-ring (bicyclic) bond motifs is 1. The molecule has 0 saturated carbocycles. The third-order valence-corrected chi connectivity index (χ3v) is 5.68. The van der Waals surface area contributed by atoms with Gasteiger partial charge < -0.3 is 28.7 Å². The van der Waals surface area contributed by atoms with Crippen molar-refractivity contribution in [3.05, 3.63) is 89.0 Å². The lowest BCUT2D eigenvalue weighted by atomic mass is 10.1. The molecule has 4 rings (SSSR count). The molecule has 2 amide bonds. The van der Waals surface area contributed by atoms with Crippen LogP contribution in [0.15, 0.2) is 76.2 Å². The summed E-state index contributed by atoms with van der Waals surface area (Å²) in [6, 6.07) is 19.4. The molecule has 0 unspecified atom stereocenters. The summed E-state index contributed by atoms with van der Waals surface area (Å²) in [6.45, 7) is 0.299. The van der Waals surface area contributed by atoms with Crippen LogP contribution in [0.2, 0.25) is 0 Å². The van der Waals surface area contributed by atoms with Gasteiger partial charge in [0.15, 0.2) is 22.8 Å². The molecular formula is C28H27N3O7. The van der Waals surface area contributed by atoms with Gasteiger partial charge in [-0.1, -0.05) is 42.5 Å². The highest BCUT2D eigenvalue weighted by Crippen LogP contribution is 2.38. The molecule has 0 aliphatic rings. The number of nitrogens with one attached hydrogen (secondary N) is 2. The molecule has 0 aliphatic heterocycles. The van der Waals surface area contributed by atoms with Crippen LogP contribution in [-0.4, -0.2) is 40.3 Å². The number of hydrogen-bond acceptors (Lipinski definition) is 8. The van der Waals surface area contributed by atoms with Crippen molar-refractivity contribution in [1.29, 1.82) is 0 Å². The van der Waals surface area contributed by atoms with Crippen molar-refractivity contribution in [2.24, 2.45) is 5.10 Å². The van der Waals surface area contributed by atoms with E-state index in [0.717, 1.165) is 5.56 Å². The van der Waals surface area contributed by atoms with E-state index in [1.807, 2.05) is 30.3 Å². The van der Waals surface area contributed by atoms with Crippen LogP contribution in [0, 0.1) is 0 Å². The van der Waals surface area contributed by atoms with Gasteiger partial charge in [-0.15, -0.1) is 5.10 Å². The summed E-state index contributed by atoms with van der Waals surface area (Å²) in [5.74, 6) is 0.387. The molecule has 0 fully saturated rings. The summed E-state index contributed by atoms with van der Waals surface area (Å²) < 4.78 is 27.3. The molecule has 10 heteroatoms. The Labute approximate surface area is 218 Å². The van der Waals surface area contributed by atoms with Crippen molar-refractivity contribution in [2.45, 2.75) is 6.54 Å². The molecule has 1 heterocycles. The van der Waals surface area contributed by atoms with Gasteiger partial charge in [0.2, 0.25) is 11.3 Å². The van der Waals surface area contributed by atoms with Gasteiger partial charge in [-0.2, -0.15) is 0 Å². The molecule has 1 aromatic heterocycles. The number of amides is 2. The lowest BCUT2D eigenvalue weighted by molar-refractivity contribution is 0.0932. The lowest BCUT2D eigenvalue weighted by Gasteiger charge is -2.13. The van der Waals surface area contributed by atoms with Crippen LogP contribution in [0.5, 0.6) is 23.0 Å². The van der Waals surface area contributed by atoms with E-state index >= 15 is 0 Å². The molecule has 0 atom stereocenters. The number of hydrogen-bond donors (Lipinski definition) is 2.